The van der Waals surface area contributed by atoms with E-state index < -0.39 is 36.4 Å². The van der Waals surface area contributed by atoms with Crippen LogP contribution in [0.5, 0.6) is 0 Å². The highest BCUT2D eigenvalue weighted by atomic mass is 19.4. The first-order chi connectivity index (χ1) is 10.2. The molecule has 0 aliphatic heterocycles. The first-order valence-electron chi connectivity index (χ1n) is 5.62. The van der Waals surface area contributed by atoms with Crippen molar-refractivity contribution in [3.8, 4) is 0 Å². The summed E-state index contributed by atoms with van der Waals surface area (Å²) in [7, 11) is 0. The molecule has 0 fully saturated rings. The van der Waals surface area contributed by atoms with Crippen molar-refractivity contribution in [2.75, 3.05) is 0 Å². The van der Waals surface area contributed by atoms with Gasteiger partial charge in [-0.3, -0.25) is 9.78 Å². The van der Waals surface area contributed by atoms with Crippen LogP contribution in [0.25, 0.3) is 0 Å². The Labute approximate surface area is 122 Å². The van der Waals surface area contributed by atoms with Crippen LogP contribution in [0.2, 0.25) is 0 Å². The van der Waals surface area contributed by atoms with Crippen molar-refractivity contribution < 1.29 is 44.3 Å². The minimum Gasteiger partial charge on any atom is -0.347 e. The van der Waals surface area contributed by atoms with Gasteiger partial charge in [-0.05, 0) is 11.6 Å². The zero-order valence-corrected chi connectivity index (χ0v) is 10.8. The van der Waals surface area contributed by atoms with E-state index >= 15 is 0 Å². The molecule has 1 aromatic rings. The van der Waals surface area contributed by atoms with Gasteiger partial charge in [0.05, 0.1) is 0 Å². The third-order valence-electron chi connectivity index (χ3n) is 2.61. The number of carbonyl (C=O) groups excluding carboxylic acids is 1. The molecule has 0 radical (unpaired) electrons. The van der Waals surface area contributed by atoms with Crippen LogP contribution in [0.15, 0.2) is 24.5 Å². The molecule has 0 aliphatic rings. The molecule has 1 N–H and O–H groups in total. The van der Waals surface area contributed by atoms with Gasteiger partial charge in [0, 0.05) is 18.9 Å². The number of alkyl halides is 9. The van der Waals surface area contributed by atoms with Gasteiger partial charge in [0.2, 0.25) is 0 Å². The third kappa shape index (κ3) is 3.34. The van der Waals surface area contributed by atoms with E-state index in [1.54, 1.807) is 0 Å². The predicted molar refractivity (Wildman–Crippen MR) is 57.0 cm³/mol. The van der Waals surface area contributed by atoms with Crippen LogP contribution >= 0.6 is 0 Å². The van der Waals surface area contributed by atoms with Crippen molar-refractivity contribution in [3.63, 3.8) is 0 Å². The minimum atomic E-state index is -7.10. The summed E-state index contributed by atoms with van der Waals surface area (Å²) in [5.74, 6) is -23.4. The maximum absolute atomic E-state index is 13.2. The van der Waals surface area contributed by atoms with E-state index in [0.717, 1.165) is 11.5 Å². The smallest absolute Gasteiger partial charge is 0.347 e. The first kappa shape index (κ1) is 19.0. The summed E-state index contributed by atoms with van der Waals surface area (Å²) in [6.07, 6.45) is -4.69. The number of rotatable bonds is 5. The number of amides is 1. The molecule has 0 aliphatic carbocycles. The summed E-state index contributed by atoms with van der Waals surface area (Å²) in [6, 6.07) is 2.50. The molecule has 0 aromatic carbocycles. The van der Waals surface area contributed by atoms with Gasteiger partial charge in [0.25, 0.3) is 5.91 Å². The SMILES string of the molecule is O=C(NCc1cccnc1)C(F)(F)C(F)(F)C(F)(F)C(F)(F)F. The summed E-state index contributed by atoms with van der Waals surface area (Å²) in [5, 5.41) is 1.16. The fourth-order valence-electron chi connectivity index (χ4n) is 1.31. The van der Waals surface area contributed by atoms with Gasteiger partial charge in [0.1, 0.15) is 0 Å². The number of aromatic nitrogens is 1. The van der Waals surface area contributed by atoms with Crippen molar-refractivity contribution in [3.05, 3.63) is 30.1 Å². The van der Waals surface area contributed by atoms with Gasteiger partial charge >= 0.3 is 23.9 Å². The van der Waals surface area contributed by atoms with Crippen molar-refractivity contribution in [2.45, 2.75) is 30.5 Å². The van der Waals surface area contributed by atoms with E-state index in [1.165, 1.54) is 18.3 Å². The molecule has 1 amide bonds. The quantitative estimate of drug-likeness (QED) is 0.826. The molecule has 23 heavy (non-hydrogen) atoms. The van der Waals surface area contributed by atoms with E-state index in [1.807, 2.05) is 0 Å². The normalized spacial score (nSPS) is 13.8. The maximum Gasteiger partial charge on any atom is 0.460 e. The van der Waals surface area contributed by atoms with Crippen LogP contribution in [0, 0.1) is 0 Å². The molecule has 0 spiro atoms. The minimum absolute atomic E-state index is 0.0301. The average molecular weight is 354 g/mol. The fourth-order valence-corrected chi connectivity index (χ4v) is 1.31. The van der Waals surface area contributed by atoms with Crippen LogP contribution in [0.1, 0.15) is 5.56 Å². The lowest BCUT2D eigenvalue weighted by atomic mass is 10.0. The molecule has 130 valence electrons. The molecule has 0 saturated heterocycles. The summed E-state index contributed by atoms with van der Waals surface area (Å²) in [6.45, 7) is -0.823. The van der Waals surface area contributed by atoms with Crippen LogP contribution in [0.3, 0.4) is 0 Å². The number of hydrogen-bond donors (Lipinski definition) is 1. The standard InChI is InChI=1S/C11H7F9N2O/c12-8(13,9(14,15)10(16,17)11(18,19)20)7(23)22-5-6-2-1-3-21-4-6/h1-4H,5H2,(H,22,23). The van der Waals surface area contributed by atoms with E-state index in [-0.39, 0.29) is 5.56 Å². The second kappa shape index (κ2) is 5.89. The van der Waals surface area contributed by atoms with Gasteiger partial charge < -0.3 is 5.32 Å². The van der Waals surface area contributed by atoms with Gasteiger partial charge in [-0.1, -0.05) is 6.07 Å². The lowest BCUT2D eigenvalue weighted by molar-refractivity contribution is -0.388. The summed E-state index contributed by atoms with van der Waals surface area (Å²) >= 11 is 0. The highest BCUT2D eigenvalue weighted by Crippen LogP contribution is 2.53. The van der Waals surface area contributed by atoms with Gasteiger partial charge in [0.15, 0.2) is 0 Å². The Balaban J connectivity index is 2.97. The Bertz CT molecular complexity index is 556. The van der Waals surface area contributed by atoms with Crippen molar-refractivity contribution in [1.82, 2.24) is 10.3 Å². The fraction of sp³-hybridized carbons (Fsp3) is 0.455. The highest BCUT2D eigenvalue weighted by molar-refractivity contribution is 5.84. The first-order valence-corrected chi connectivity index (χ1v) is 5.62. The summed E-state index contributed by atoms with van der Waals surface area (Å²) in [4.78, 5) is 14.5. The Morgan fingerprint density at radius 2 is 1.57 bits per heavy atom. The molecule has 3 nitrogen and oxygen atoms in total. The van der Waals surface area contributed by atoms with E-state index in [9.17, 15) is 44.3 Å². The molecule has 0 atom stereocenters. The zero-order chi connectivity index (χ0) is 18.1. The van der Waals surface area contributed by atoms with Crippen molar-refractivity contribution in [1.29, 1.82) is 0 Å². The Hall–Kier alpha value is -2.01. The Kier molecular flexibility index (Phi) is 4.87. The van der Waals surface area contributed by atoms with Crippen LogP contribution in [-0.4, -0.2) is 34.8 Å². The zero-order valence-electron chi connectivity index (χ0n) is 10.8. The van der Waals surface area contributed by atoms with E-state index in [4.69, 9.17) is 0 Å². The Morgan fingerprint density at radius 3 is 2.00 bits per heavy atom. The van der Waals surface area contributed by atoms with Gasteiger partial charge in [-0.2, -0.15) is 39.5 Å². The molecule has 1 aromatic heterocycles. The molecule has 1 heterocycles. The number of nitrogens with zero attached hydrogens (tertiary/aromatic N) is 1. The monoisotopic (exact) mass is 354 g/mol. The van der Waals surface area contributed by atoms with Crippen LogP contribution < -0.4 is 5.32 Å². The molecule has 12 heteroatoms. The largest absolute Gasteiger partial charge is 0.460 e. The molecule has 0 bridgehead atoms. The second-order valence-corrected chi connectivity index (χ2v) is 4.26. The van der Waals surface area contributed by atoms with Gasteiger partial charge in [-0.25, -0.2) is 0 Å². The predicted octanol–water partition coefficient (Wildman–Crippen LogP) is 3.17. The highest BCUT2D eigenvalue weighted by Gasteiger charge is 2.83. The van der Waals surface area contributed by atoms with Crippen LogP contribution in [0.4, 0.5) is 39.5 Å². The van der Waals surface area contributed by atoms with Crippen molar-refractivity contribution in [2.24, 2.45) is 0 Å². The van der Waals surface area contributed by atoms with Gasteiger partial charge in [-0.15, -0.1) is 0 Å². The number of nitrogens with one attached hydrogen (secondary N) is 1. The number of pyridine rings is 1. The molecular weight excluding hydrogens is 347 g/mol. The molecule has 0 saturated carbocycles. The van der Waals surface area contributed by atoms with E-state index in [2.05, 4.69) is 4.98 Å². The number of halogens is 9. The second-order valence-electron chi connectivity index (χ2n) is 4.26. The number of hydrogen-bond acceptors (Lipinski definition) is 2. The lowest BCUT2D eigenvalue weighted by Gasteiger charge is -2.32. The number of carbonyl (C=O) groups is 1. The Morgan fingerprint density at radius 1 is 1.00 bits per heavy atom. The summed E-state index contributed by atoms with van der Waals surface area (Å²) in [5.41, 5.74) is 0.0301. The lowest BCUT2D eigenvalue weighted by Crippen LogP contribution is -2.65. The third-order valence-corrected chi connectivity index (χ3v) is 2.61. The van der Waals surface area contributed by atoms with Crippen LogP contribution in [-0.2, 0) is 11.3 Å². The maximum atomic E-state index is 13.2. The average Bonchev–Trinajstić information content (AvgIpc) is 2.44. The van der Waals surface area contributed by atoms with Crippen molar-refractivity contribution >= 4 is 5.91 Å². The molecule has 0 unspecified atom stereocenters. The van der Waals surface area contributed by atoms with E-state index in [0.29, 0.717) is 0 Å². The molecular formula is C11H7F9N2O. The topological polar surface area (TPSA) is 42.0 Å². The molecule has 1 rings (SSSR count). The summed E-state index contributed by atoms with van der Waals surface area (Å²) < 4.78 is 113.